The number of carbonyl (C=O) groups excluding carboxylic acids is 1. The highest BCUT2D eigenvalue weighted by molar-refractivity contribution is 6.30. The summed E-state index contributed by atoms with van der Waals surface area (Å²) >= 11 is 5.86. The van der Waals surface area contributed by atoms with Crippen LogP contribution < -0.4 is 10.2 Å². The smallest absolute Gasteiger partial charge is 0.239 e. The molecule has 114 valence electrons. The molecular formula is C18H19ClN2O. The van der Waals surface area contributed by atoms with Crippen molar-refractivity contribution < 1.29 is 4.79 Å². The molecule has 3 rings (SSSR count). The van der Waals surface area contributed by atoms with Gasteiger partial charge in [-0.25, -0.2) is 0 Å². The lowest BCUT2D eigenvalue weighted by atomic mass is 10.1. The highest BCUT2D eigenvalue weighted by Crippen LogP contribution is 2.31. The van der Waals surface area contributed by atoms with E-state index in [0.717, 1.165) is 12.0 Å². The number of para-hydroxylation sites is 1. The van der Waals surface area contributed by atoms with E-state index in [-0.39, 0.29) is 5.91 Å². The van der Waals surface area contributed by atoms with Crippen LogP contribution in [0, 0.1) is 0 Å². The lowest BCUT2D eigenvalue weighted by Gasteiger charge is -2.24. The number of fused-ring (bicyclic) bond motifs is 1. The number of carbonyl (C=O) groups is 1. The van der Waals surface area contributed by atoms with Crippen molar-refractivity contribution in [3.8, 4) is 0 Å². The summed E-state index contributed by atoms with van der Waals surface area (Å²) in [6.45, 7) is 3.08. The van der Waals surface area contributed by atoms with E-state index in [0.29, 0.717) is 24.2 Å². The molecule has 0 bridgehead atoms. The normalized spacial score (nSPS) is 16.5. The van der Waals surface area contributed by atoms with E-state index in [9.17, 15) is 4.79 Å². The first-order valence-corrected chi connectivity index (χ1v) is 7.87. The molecule has 1 aliphatic heterocycles. The maximum atomic E-state index is 12.2. The van der Waals surface area contributed by atoms with Gasteiger partial charge in [0.25, 0.3) is 0 Å². The number of amides is 1. The molecule has 3 nitrogen and oxygen atoms in total. The molecule has 0 aromatic heterocycles. The van der Waals surface area contributed by atoms with Crippen LogP contribution in [0.25, 0.3) is 0 Å². The molecule has 0 radical (unpaired) electrons. The molecule has 0 fully saturated rings. The minimum Gasteiger partial charge on any atom is -0.359 e. The van der Waals surface area contributed by atoms with Crippen molar-refractivity contribution in [1.29, 1.82) is 0 Å². The second kappa shape index (κ2) is 6.41. The monoisotopic (exact) mass is 314 g/mol. The van der Waals surface area contributed by atoms with Gasteiger partial charge in [0.1, 0.15) is 0 Å². The average molecular weight is 315 g/mol. The van der Waals surface area contributed by atoms with Crippen LogP contribution in [-0.4, -0.2) is 18.5 Å². The summed E-state index contributed by atoms with van der Waals surface area (Å²) in [6, 6.07) is 16.2. The molecule has 0 aliphatic carbocycles. The van der Waals surface area contributed by atoms with Gasteiger partial charge in [-0.2, -0.15) is 0 Å². The lowest BCUT2D eigenvalue weighted by Crippen LogP contribution is -2.39. The van der Waals surface area contributed by atoms with E-state index in [2.05, 4.69) is 35.3 Å². The van der Waals surface area contributed by atoms with Gasteiger partial charge in [-0.3, -0.25) is 4.79 Å². The standard InChI is InChI=1S/C18H19ClN2O/c1-13-10-15-4-2-3-5-17(15)21(13)12-18(22)20-11-14-6-8-16(19)9-7-14/h2-9,13H,10-12H2,1H3,(H,20,22)/t13-/m0/s1. The molecule has 0 saturated carbocycles. The zero-order valence-corrected chi connectivity index (χ0v) is 13.3. The number of anilines is 1. The summed E-state index contributed by atoms with van der Waals surface area (Å²) < 4.78 is 0. The summed E-state index contributed by atoms with van der Waals surface area (Å²) in [6.07, 6.45) is 1.00. The van der Waals surface area contributed by atoms with E-state index in [4.69, 9.17) is 11.6 Å². The van der Waals surface area contributed by atoms with Gasteiger partial charge in [0.15, 0.2) is 0 Å². The van der Waals surface area contributed by atoms with Gasteiger partial charge in [0, 0.05) is 23.3 Å². The highest BCUT2D eigenvalue weighted by atomic mass is 35.5. The van der Waals surface area contributed by atoms with Crippen molar-refractivity contribution in [2.75, 3.05) is 11.4 Å². The number of hydrogen-bond donors (Lipinski definition) is 1. The first-order valence-electron chi connectivity index (χ1n) is 7.49. The first kappa shape index (κ1) is 14.9. The summed E-state index contributed by atoms with van der Waals surface area (Å²) in [7, 11) is 0. The molecule has 1 heterocycles. The Kier molecular flexibility index (Phi) is 4.34. The molecule has 2 aromatic carbocycles. The van der Waals surface area contributed by atoms with E-state index < -0.39 is 0 Å². The Labute approximate surface area is 135 Å². The second-order valence-electron chi connectivity index (χ2n) is 5.71. The zero-order chi connectivity index (χ0) is 15.5. The van der Waals surface area contributed by atoms with E-state index >= 15 is 0 Å². The largest absolute Gasteiger partial charge is 0.359 e. The van der Waals surface area contributed by atoms with Crippen LogP contribution in [0.5, 0.6) is 0 Å². The minimum atomic E-state index is 0.0403. The van der Waals surface area contributed by atoms with Crippen molar-refractivity contribution in [3.63, 3.8) is 0 Å². The third kappa shape index (κ3) is 3.25. The SMILES string of the molecule is C[C@H]1Cc2ccccc2N1CC(=O)NCc1ccc(Cl)cc1. The highest BCUT2D eigenvalue weighted by Gasteiger charge is 2.26. The molecule has 1 atom stereocenters. The summed E-state index contributed by atoms with van der Waals surface area (Å²) in [5, 5.41) is 3.68. The molecule has 22 heavy (non-hydrogen) atoms. The molecule has 4 heteroatoms. The fourth-order valence-electron chi connectivity index (χ4n) is 2.88. The molecule has 0 unspecified atom stereocenters. The lowest BCUT2D eigenvalue weighted by molar-refractivity contribution is -0.120. The molecular weight excluding hydrogens is 296 g/mol. The Morgan fingerprint density at radius 2 is 1.95 bits per heavy atom. The van der Waals surface area contributed by atoms with Crippen molar-refractivity contribution in [2.45, 2.75) is 25.9 Å². The van der Waals surface area contributed by atoms with Crippen LogP contribution in [-0.2, 0) is 17.8 Å². The van der Waals surface area contributed by atoms with Crippen LogP contribution in [0.4, 0.5) is 5.69 Å². The van der Waals surface area contributed by atoms with Crippen molar-refractivity contribution in [2.24, 2.45) is 0 Å². The molecule has 1 amide bonds. The quantitative estimate of drug-likeness (QED) is 0.938. The van der Waals surface area contributed by atoms with Crippen molar-refractivity contribution in [3.05, 3.63) is 64.7 Å². The molecule has 0 saturated heterocycles. The molecule has 1 aliphatic rings. The summed E-state index contributed by atoms with van der Waals surface area (Å²) in [4.78, 5) is 14.4. The van der Waals surface area contributed by atoms with Gasteiger partial charge < -0.3 is 10.2 Å². The minimum absolute atomic E-state index is 0.0403. The van der Waals surface area contributed by atoms with Gasteiger partial charge in [-0.05, 0) is 42.7 Å². The van der Waals surface area contributed by atoms with Crippen LogP contribution in [0.15, 0.2) is 48.5 Å². The average Bonchev–Trinajstić information content (AvgIpc) is 2.83. The predicted octanol–water partition coefficient (Wildman–Crippen LogP) is 3.41. The van der Waals surface area contributed by atoms with Crippen LogP contribution in [0.3, 0.4) is 0 Å². The first-order chi connectivity index (χ1) is 10.6. The van der Waals surface area contributed by atoms with Gasteiger partial charge in [-0.15, -0.1) is 0 Å². The van der Waals surface area contributed by atoms with Gasteiger partial charge >= 0.3 is 0 Å². The number of halogens is 1. The fraction of sp³-hybridized carbons (Fsp3) is 0.278. The van der Waals surface area contributed by atoms with Gasteiger partial charge in [0.05, 0.1) is 6.54 Å². The molecule has 0 spiro atoms. The van der Waals surface area contributed by atoms with Gasteiger partial charge in [0.2, 0.25) is 5.91 Å². The fourth-order valence-corrected chi connectivity index (χ4v) is 3.01. The Morgan fingerprint density at radius 1 is 1.23 bits per heavy atom. The van der Waals surface area contributed by atoms with Crippen molar-refractivity contribution >= 4 is 23.2 Å². The maximum absolute atomic E-state index is 12.2. The maximum Gasteiger partial charge on any atom is 0.239 e. The number of hydrogen-bond acceptors (Lipinski definition) is 2. The topological polar surface area (TPSA) is 32.3 Å². The van der Waals surface area contributed by atoms with Crippen LogP contribution in [0.1, 0.15) is 18.1 Å². The molecule has 2 aromatic rings. The summed E-state index contributed by atoms with van der Waals surface area (Å²) in [5.74, 6) is 0.0403. The Hall–Kier alpha value is -2.00. The predicted molar refractivity (Wildman–Crippen MR) is 90.3 cm³/mol. The number of rotatable bonds is 4. The van der Waals surface area contributed by atoms with E-state index in [1.54, 1.807) is 0 Å². The Bertz CT molecular complexity index is 669. The van der Waals surface area contributed by atoms with Crippen LogP contribution in [0.2, 0.25) is 5.02 Å². The molecule has 1 N–H and O–H groups in total. The van der Waals surface area contributed by atoms with Crippen molar-refractivity contribution in [1.82, 2.24) is 5.32 Å². The Morgan fingerprint density at radius 3 is 2.73 bits per heavy atom. The van der Waals surface area contributed by atoms with E-state index in [1.165, 1.54) is 11.3 Å². The zero-order valence-electron chi connectivity index (χ0n) is 12.6. The number of benzene rings is 2. The number of nitrogens with zero attached hydrogens (tertiary/aromatic N) is 1. The summed E-state index contributed by atoms with van der Waals surface area (Å²) in [5.41, 5.74) is 3.55. The third-order valence-corrected chi connectivity index (χ3v) is 4.32. The second-order valence-corrected chi connectivity index (χ2v) is 6.15. The van der Waals surface area contributed by atoms with E-state index in [1.807, 2.05) is 30.3 Å². The Balaban J connectivity index is 1.59. The number of nitrogens with one attached hydrogen (secondary N) is 1. The third-order valence-electron chi connectivity index (χ3n) is 4.07. The van der Waals surface area contributed by atoms with Gasteiger partial charge in [-0.1, -0.05) is 41.9 Å². The van der Waals surface area contributed by atoms with Crippen LogP contribution >= 0.6 is 11.6 Å².